The first-order chi connectivity index (χ1) is 8.97. The Bertz CT molecular complexity index is 555. The monoisotopic (exact) mass is 338 g/mol. The zero-order valence-corrected chi connectivity index (χ0v) is 13.3. The number of rotatable bonds is 3. The van der Waals surface area contributed by atoms with Gasteiger partial charge in [-0.2, -0.15) is 0 Å². The quantitative estimate of drug-likeness (QED) is 0.834. The second-order valence-electron chi connectivity index (χ2n) is 4.82. The summed E-state index contributed by atoms with van der Waals surface area (Å²) in [5.41, 5.74) is 4.32. The van der Waals surface area contributed by atoms with E-state index in [9.17, 15) is 5.11 Å². The third-order valence-corrected chi connectivity index (χ3v) is 4.69. The molecule has 0 spiro atoms. The van der Waals surface area contributed by atoms with Gasteiger partial charge in [-0.05, 0) is 48.2 Å². The second-order valence-corrected chi connectivity index (χ2v) is 6.04. The summed E-state index contributed by atoms with van der Waals surface area (Å²) < 4.78 is 1.11. The van der Waals surface area contributed by atoms with Gasteiger partial charge < -0.3 is 5.11 Å². The summed E-state index contributed by atoms with van der Waals surface area (Å²) in [5.74, 6) is 0. The molecule has 0 aliphatic carbocycles. The van der Waals surface area contributed by atoms with Crippen LogP contribution in [0, 0.1) is 13.8 Å². The number of hydrogen-bond acceptors (Lipinski definition) is 1. The van der Waals surface area contributed by atoms with Gasteiger partial charge in [-0.25, -0.2) is 0 Å². The van der Waals surface area contributed by atoms with Crippen molar-refractivity contribution in [2.24, 2.45) is 0 Å². The van der Waals surface area contributed by atoms with Gasteiger partial charge in [0.05, 0.1) is 6.10 Å². The summed E-state index contributed by atoms with van der Waals surface area (Å²) in [5, 5.41) is 11.1. The van der Waals surface area contributed by atoms with Crippen molar-refractivity contribution in [2.45, 2.75) is 26.4 Å². The topological polar surface area (TPSA) is 20.2 Å². The Morgan fingerprint density at radius 1 is 1.11 bits per heavy atom. The molecular formula is C16H16BrClO. The lowest BCUT2D eigenvalue weighted by Gasteiger charge is -2.14. The summed E-state index contributed by atoms with van der Waals surface area (Å²) in [4.78, 5) is 0. The van der Waals surface area contributed by atoms with Crippen molar-refractivity contribution in [3.05, 3.63) is 68.1 Å². The minimum Gasteiger partial charge on any atom is -0.388 e. The van der Waals surface area contributed by atoms with Crippen molar-refractivity contribution in [3.63, 3.8) is 0 Å². The van der Waals surface area contributed by atoms with Gasteiger partial charge in [0.2, 0.25) is 0 Å². The van der Waals surface area contributed by atoms with E-state index in [0.29, 0.717) is 11.4 Å². The van der Waals surface area contributed by atoms with Gasteiger partial charge in [0.25, 0.3) is 0 Å². The Morgan fingerprint density at radius 2 is 1.63 bits per heavy atom. The minimum absolute atomic E-state index is 0.494. The van der Waals surface area contributed by atoms with Crippen LogP contribution in [0.4, 0.5) is 0 Å². The lowest BCUT2D eigenvalue weighted by Crippen LogP contribution is -2.03. The van der Waals surface area contributed by atoms with Crippen molar-refractivity contribution in [3.8, 4) is 0 Å². The highest BCUT2D eigenvalue weighted by Crippen LogP contribution is 2.27. The Hall–Kier alpha value is -0.830. The van der Waals surface area contributed by atoms with E-state index in [-0.39, 0.29) is 0 Å². The lowest BCUT2D eigenvalue weighted by molar-refractivity contribution is 0.178. The molecule has 0 bridgehead atoms. The first-order valence-electron chi connectivity index (χ1n) is 6.16. The summed E-state index contributed by atoms with van der Waals surface area (Å²) in [7, 11) is 0. The second kappa shape index (κ2) is 6.08. The van der Waals surface area contributed by atoms with Crippen LogP contribution in [-0.2, 0) is 6.42 Å². The number of aliphatic hydroxyl groups excluding tert-OH is 1. The highest BCUT2D eigenvalue weighted by atomic mass is 79.9. The smallest absolute Gasteiger partial charge is 0.0830 e. The fourth-order valence-electron chi connectivity index (χ4n) is 2.13. The van der Waals surface area contributed by atoms with Crippen molar-refractivity contribution in [1.82, 2.24) is 0 Å². The van der Waals surface area contributed by atoms with Crippen LogP contribution >= 0.6 is 27.5 Å². The molecule has 3 heteroatoms. The lowest BCUT2D eigenvalue weighted by atomic mass is 9.98. The van der Waals surface area contributed by atoms with Crippen LogP contribution in [0.2, 0.25) is 5.02 Å². The Labute approximate surface area is 127 Å². The molecule has 0 aliphatic heterocycles. The van der Waals surface area contributed by atoms with Crippen LogP contribution < -0.4 is 0 Å². The fraction of sp³-hybridized carbons (Fsp3) is 0.250. The molecule has 0 heterocycles. The maximum atomic E-state index is 10.3. The predicted octanol–water partition coefficient (Wildman–Crippen LogP) is 5.00. The molecule has 0 saturated carbocycles. The van der Waals surface area contributed by atoms with E-state index in [1.807, 2.05) is 50.2 Å². The zero-order valence-electron chi connectivity index (χ0n) is 11.0. The zero-order chi connectivity index (χ0) is 14.0. The third-order valence-electron chi connectivity index (χ3n) is 3.19. The highest BCUT2D eigenvalue weighted by molar-refractivity contribution is 9.10. The maximum Gasteiger partial charge on any atom is 0.0830 e. The SMILES string of the molecule is Cc1cc(C(O)Cc2ccc(Cl)cc2)cc(C)c1Br. The van der Waals surface area contributed by atoms with E-state index < -0.39 is 6.10 Å². The highest BCUT2D eigenvalue weighted by Gasteiger charge is 2.11. The van der Waals surface area contributed by atoms with Crippen LogP contribution in [0.5, 0.6) is 0 Å². The van der Waals surface area contributed by atoms with Gasteiger partial charge in [-0.1, -0.05) is 51.8 Å². The first kappa shape index (κ1) is 14.6. The molecule has 2 aromatic rings. The molecule has 1 atom stereocenters. The molecule has 1 N–H and O–H groups in total. The number of aryl methyl sites for hydroxylation is 2. The molecule has 0 saturated heterocycles. The average Bonchev–Trinajstić information content (AvgIpc) is 2.38. The van der Waals surface area contributed by atoms with Gasteiger partial charge in [0, 0.05) is 15.9 Å². The van der Waals surface area contributed by atoms with Crippen molar-refractivity contribution in [2.75, 3.05) is 0 Å². The number of halogens is 2. The van der Waals surface area contributed by atoms with Gasteiger partial charge >= 0.3 is 0 Å². The van der Waals surface area contributed by atoms with Crippen LogP contribution in [-0.4, -0.2) is 5.11 Å². The number of benzene rings is 2. The van der Waals surface area contributed by atoms with Crippen molar-refractivity contribution < 1.29 is 5.11 Å². The molecule has 100 valence electrons. The summed E-state index contributed by atoms with van der Waals surface area (Å²) >= 11 is 9.40. The first-order valence-corrected chi connectivity index (χ1v) is 7.33. The summed E-state index contributed by atoms with van der Waals surface area (Å²) in [6, 6.07) is 11.6. The normalized spacial score (nSPS) is 12.5. The van der Waals surface area contributed by atoms with Gasteiger partial charge in [-0.3, -0.25) is 0 Å². The largest absolute Gasteiger partial charge is 0.388 e. The Balaban J connectivity index is 2.20. The number of aliphatic hydroxyl groups is 1. The summed E-state index contributed by atoms with van der Waals surface area (Å²) in [6.07, 6.45) is 0.101. The van der Waals surface area contributed by atoms with E-state index in [2.05, 4.69) is 15.9 Å². The average molecular weight is 340 g/mol. The van der Waals surface area contributed by atoms with E-state index in [1.165, 1.54) is 0 Å². The molecule has 1 unspecified atom stereocenters. The molecule has 0 fully saturated rings. The van der Waals surface area contributed by atoms with E-state index in [1.54, 1.807) is 0 Å². The predicted molar refractivity (Wildman–Crippen MR) is 83.7 cm³/mol. The van der Waals surface area contributed by atoms with E-state index in [0.717, 1.165) is 26.7 Å². The molecule has 0 radical (unpaired) electrons. The molecule has 2 rings (SSSR count). The molecule has 1 nitrogen and oxygen atoms in total. The molecule has 0 amide bonds. The van der Waals surface area contributed by atoms with Crippen LogP contribution in [0.15, 0.2) is 40.9 Å². The third kappa shape index (κ3) is 3.59. The van der Waals surface area contributed by atoms with E-state index >= 15 is 0 Å². The van der Waals surface area contributed by atoms with Crippen LogP contribution in [0.3, 0.4) is 0 Å². The fourth-order valence-corrected chi connectivity index (χ4v) is 2.49. The molecule has 2 aromatic carbocycles. The Kier molecular flexibility index (Phi) is 4.67. The molecule has 19 heavy (non-hydrogen) atoms. The van der Waals surface area contributed by atoms with Gasteiger partial charge in [0.15, 0.2) is 0 Å². The van der Waals surface area contributed by atoms with Crippen molar-refractivity contribution >= 4 is 27.5 Å². The standard InChI is InChI=1S/C16H16BrClO/c1-10-7-13(8-11(2)16(10)17)15(19)9-12-3-5-14(18)6-4-12/h3-8,15,19H,9H2,1-2H3. The molecule has 0 aliphatic rings. The van der Waals surface area contributed by atoms with E-state index in [4.69, 9.17) is 11.6 Å². The van der Waals surface area contributed by atoms with Crippen molar-refractivity contribution in [1.29, 1.82) is 0 Å². The molecule has 0 aromatic heterocycles. The minimum atomic E-state index is -0.494. The summed E-state index contributed by atoms with van der Waals surface area (Å²) in [6.45, 7) is 4.07. The van der Waals surface area contributed by atoms with Crippen LogP contribution in [0.25, 0.3) is 0 Å². The van der Waals surface area contributed by atoms with Gasteiger partial charge in [-0.15, -0.1) is 0 Å². The van der Waals surface area contributed by atoms with Crippen LogP contribution in [0.1, 0.15) is 28.4 Å². The Morgan fingerprint density at radius 3 is 2.16 bits per heavy atom. The maximum absolute atomic E-state index is 10.3. The number of hydrogen-bond donors (Lipinski definition) is 1. The van der Waals surface area contributed by atoms with Gasteiger partial charge in [0.1, 0.15) is 0 Å². The molecular weight excluding hydrogens is 324 g/mol.